The molecule has 0 N–H and O–H groups in total. The molecule has 3 aromatic rings. The van der Waals surface area contributed by atoms with Gasteiger partial charge < -0.3 is 4.90 Å². The topological polar surface area (TPSA) is 57.9 Å². The summed E-state index contributed by atoms with van der Waals surface area (Å²) in [5.74, 6) is 0.130. The minimum atomic E-state index is -0.0787. The van der Waals surface area contributed by atoms with Crippen LogP contribution in [0, 0.1) is 0 Å². The summed E-state index contributed by atoms with van der Waals surface area (Å²) in [6, 6.07) is 17.2. The van der Waals surface area contributed by atoms with E-state index in [9.17, 15) is 9.59 Å². The molecule has 0 radical (unpaired) electrons. The number of aromatic nitrogens is 2. The second-order valence-corrected chi connectivity index (χ2v) is 7.49. The number of amides is 1. The van der Waals surface area contributed by atoms with Crippen molar-refractivity contribution in [2.75, 3.05) is 26.2 Å². The maximum absolute atomic E-state index is 13.0. The average molecular weight is 390 g/mol. The maximum atomic E-state index is 13.0. The molecule has 4 rings (SSSR count). The monoisotopic (exact) mass is 390 g/mol. The number of benzene rings is 1. The fourth-order valence-electron chi connectivity index (χ4n) is 4.00. The Morgan fingerprint density at radius 1 is 1.03 bits per heavy atom. The summed E-state index contributed by atoms with van der Waals surface area (Å²) in [6.45, 7) is 5.66. The second-order valence-electron chi connectivity index (χ2n) is 7.49. The first kappa shape index (κ1) is 19.3. The number of hydrogen-bond acceptors (Lipinski definition) is 4. The van der Waals surface area contributed by atoms with Gasteiger partial charge in [-0.15, -0.1) is 0 Å². The molecule has 1 amide bonds. The number of fused-ring (bicyclic) bond motifs is 1. The van der Waals surface area contributed by atoms with Crippen LogP contribution in [0.3, 0.4) is 0 Å². The van der Waals surface area contributed by atoms with Gasteiger partial charge in [0.15, 0.2) is 0 Å². The van der Waals surface area contributed by atoms with E-state index in [-0.39, 0.29) is 17.4 Å². The highest BCUT2D eigenvalue weighted by atomic mass is 16.2. The van der Waals surface area contributed by atoms with E-state index in [1.807, 2.05) is 53.4 Å². The number of rotatable bonds is 5. The van der Waals surface area contributed by atoms with Gasteiger partial charge in [0.2, 0.25) is 5.91 Å². The van der Waals surface area contributed by atoms with Crippen molar-refractivity contribution in [3.63, 3.8) is 0 Å². The summed E-state index contributed by atoms with van der Waals surface area (Å²) < 4.78 is 1.55. The van der Waals surface area contributed by atoms with Crippen LogP contribution in [0.25, 0.3) is 5.65 Å². The summed E-state index contributed by atoms with van der Waals surface area (Å²) in [6.07, 6.45) is 2.53. The Kier molecular flexibility index (Phi) is 5.71. The van der Waals surface area contributed by atoms with Gasteiger partial charge in [-0.3, -0.25) is 18.9 Å². The molecule has 1 fully saturated rings. The third-order valence-electron chi connectivity index (χ3n) is 5.60. The molecule has 1 aliphatic rings. The first-order valence-electron chi connectivity index (χ1n) is 10.2. The average Bonchev–Trinajstić information content (AvgIpc) is 2.75. The van der Waals surface area contributed by atoms with Crippen LogP contribution in [0.5, 0.6) is 0 Å². The number of carbonyl (C=O) groups is 1. The van der Waals surface area contributed by atoms with Gasteiger partial charge in [-0.2, -0.15) is 0 Å². The largest absolute Gasteiger partial charge is 0.340 e. The zero-order valence-electron chi connectivity index (χ0n) is 16.7. The normalized spacial score (nSPS) is 16.1. The number of piperazine rings is 1. The Morgan fingerprint density at radius 3 is 2.48 bits per heavy atom. The second kappa shape index (κ2) is 8.57. The van der Waals surface area contributed by atoms with E-state index in [0.717, 1.165) is 30.8 Å². The number of carbonyl (C=O) groups excluding carboxylic acids is 1. The molecule has 1 saturated heterocycles. The molecule has 0 bridgehead atoms. The van der Waals surface area contributed by atoms with Gasteiger partial charge in [0.1, 0.15) is 5.65 Å². The van der Waals surface area contributed by atoms with Gasteiger partial charge in [-0.05, 0) is 24.1 Å². The minimum absolute atomic E-state index is 0.0620. The van der Waals surface area contributed by atoms with Crippen LogP contribution in [0.15, 0.2) is 65.6 Å². The SMILES string of the molecule is CCC(C(=O)N1CCN(Cc2cc(=O)n3ccccc3n2)CC1)c1ccccc1. The molecule has 6 heteroatoms. The van der Waals surface area contributed by atoms with Crippen molar-refractivity contribution in [3.05, 3.63) is 82.4 Å². The molecule has 3 heterocycles. The van der Waals surface area contributed by atoms with Crippen LogP contribution >= 0.6 is 0 Å². The van der Waals surface area contributed by atoms with Crippen molar-refractivity contribution < 1.29 is 4.79 Å². The van der Waals surface area contributed by atoms with Crippen molar-refractivity contribution in [2.45, 2.75) is 25.8 Å². The van der Waals surface area contributed by atoms with Crippen LogP contribution in [0.4, 0.5) is 0 Å². The Bertz CT molecular complexity index is 1040. The van der Waals surface area contributed by atoms with Gasteiger partial charge in [0.25, 0.3) is 5.56 Å². The predicted octanol–water partition coefficient (Wildman–Crippen LogP) is 2.53. The summed E-state index contributed by atoms with van der Waals surface area (Å²) in [5.41, 5.74) is 2.46. The summed E-state index contributed by atoms with van der Waals surface area (Å²) >= 11 is 0. The number of nitrogens with zero attached hydrogens (tertiary/aromatic N) is 4. The molecule has 29 heavy (non-hydrogen) atoms. The van der Waals surface area contributed by atoms with Crippen LogP contribution in [-0.2, 0) is 11.3 Å². The fraction of sp³-hybridized carbons (Fsp3) is 0.348. The van der Waals surface area contributed by atoms with E-state index in [1.54, 1.807) is 16.7 Å². The highest BCUT2D eigenvalue weighted by Crippen LogP contribution is 2.23. The van der Waals surface area contributed by atoms with E-state index in [2.05, 4.69) is 16.8 Å². The molecular weight excluding hydrogens is 364 g/mol. The van der Waals surface area contributed by atoms with E-state index < -0.39 is 0 Å². The van der Waals surface area contributed by atoms with E-state index >= 15 is 0 Å². The van der Waals surface area contributed by atoms with Crippen LogP contribution in [0.1, 0.15) is 30.5 Å². The molecule has 0 spiro atoms. The van der Waals surface area contributed by atoms with Gasteiger partial charge >= 0.3 is 0 Å². The lowest BCUT2D eigenvalue weighted by Gasteiger charge is -2.36. The molecule has 0 aliphatic carbocycles. The van der Waals surface area contributed by atoms with E-state index in [4.69, 9.17) is 0 Å². The van der Waals surface area contributed by atoms with Crippen molar-refractivity contribution in [1.82, 2.24) is 19.2 Å². The summed E-state index contributed by atoms with van der Waals surface area (Å²) in [4.78, 5) is 34.2. The highest BCUT2D eigenvalue weighted by molar-refractivity contribution is 5.83. The molecule has 1 atom stereocenters. The van der Waals surface area contributed by atoms with Gasteiger partial charge in [-0.25, -0.2) is 4.98 Å². The van der Waals surface area contributed by atoms with Crippen molar-refractivity contribution >= 4 is 11.6 Å². The van der Waals surface area contributed by atoms with Crippen LogP contribution < -0.4 is 5.56 Å². The Morgan fingerprint density at radius 2 is 1.76 bits per heavy atom. The smallest absolute Gasteiger partial charge is 0.258 e. The van der Waals surface area contributed by atoms with Crippen LogP contribution in [0.2, 0.25) is 0 Å². The van der Waals surface area contributed by atoms with E-state index in [0.29, 0.717) is 25.3 Å². The quantitative estimate of drug-likeness (QED) is 0.672. The molecule has 1 aliphatic heterocycles. The lowest BCUT2D eigenvalue weighted by Crippen LogP contribution is -2.49. The zero-order valence-corrected chi connectivity index (χ0v) is 16.7. The maximum Gasteiger partial charge on any atom is 0.258 e. The van der Waals surface area contributed by atoms with Gasteiger partial charge in [0.05, 0.1) is 11.6 Å². The molecular formula is C23H26N4O2. The molecule has 0 saturated carbocycles. The van der Waals surface area contributed by atoms with E-state index in [1.165, 1.54) is 0 Å². The van der Waals surface area contributed by atoms with Crippen molar-refractivity contribution in [3.8, 4) is 0 Å². The Balaban J connectivity index is 1.39. The lowest BCUT2D eigenvalue weighted by atomic mass is 9.95. The fourth-order valence-corrected chi connectivity index (χ4v) is 4.00. The number of hydrogen-bond donors (Lipinski definition) is 0. The van der Waals surface area contributed by atoms with Crippen molar-refractivity contribution in [2.24, 2.45) is 0 Å². The molecule has 150 valence electrons. The Labute approximate surface area is 170 Å². The molecule has 1 aromatic carbocycles. The summed E-state index contributed by atoms with van der Waals surface area (Å²) in [5, 5.41) is 0. The number of pyridine rings is 1. The van der Waals surface area contributed by atoms with Crippen LogP contribution in [-0.4, -0.2) is 51.3 Å². The van der Waals surface area contributed by atoms with Gasteiger partial charge in [0, 0.05) is 45.0 Å². The predicted molar refractivity (Wildman–Crippen MR) is 113 cm³/mol. The lowest BCUT2D eigenvalue weighted by molar-refractivity contribution is -0.134. The van der Waals surface area contributed by atoms with Crippen molar-refractivity contribution in [1.29, 1.82) is 0 Å². The first-order chi connectivity index (χ1) is 14.2. The third kappa shape index (κ3) is 4.22. The molecule has 1 unspecified atom stereocenters. The van der Waals surface area contributed by atoms with Gasteiger partial charge in [-0.1, -0.05) is 43.3 Å². The summed E-state index contributed by atoms with van der Waals surface area (Å²) in [7, 11) is 0. The first-order valence-corrected chi connectivity index (χ1v) is 10.2. The minimum Gasteiger partial charge on any atom is -0.340 e. The molecule has 2 aromatic heterocycles. The Hall–Kier alpha value is -2.99. The third-order valence-corrected chi connectivity index (χ3v) is 5.60. The zero-order chi connectivity index (χ0) is 20.2. The molecule has 6 nitrogen and oxygen atoms in total. The highest BCUT2D eigenvalue weighted by Gasteiger charge is 2.27. The standard InChI is InChI=1S/C23H26N4O2/c1-2-20(18-8-4-3-5-9-18)23(29)26-14-12-25(13-15-26)17-19-16-22(28)27-11-7-6-10-21(27)24-19/h3-11,16,20H,2,12-15,17H2,1H3.